The number of carbonyl (C=O) groups excluding carboxylic acids is 1. The van der Waals surface area contributed by atoms with E-state index < -0.39 is 5.97 Å². The summed E-state index contributed by atoms with van der Waals surface area (Å²) in [6.45, 7) is 1.52. The van der Waals surface area contributed by atoms with Crippen LogP contribution in [0.2, 0.25) is 0 Å². The van der Waals surface area contributed by atoms with Crippen molar-refractivity contribution in [3.8, 4) is 0 Å². The monoisotopic (exact) mass is 403 g/mol. The minimum absolute atomic E-state index is 0.0421. The molecule has 25 heavy (non-hydrogen) atoms. The summed E-state index contributed by atoms with van der Waals surface area (Å²) < 4.78 is 0.813. The minimum atomic E-state index is -1.12. The van der Waals surface area contributed by atoms with Crippen molar-refractivity contribution in [2.24, 2.45) is 0 Å². The van der Waals surface area contributed by atoms with Crippen molar-refractivity contribution in [3.05, 3.63) is 40.6 Å². The number of hydrogen-bond acceptors (Lipinski definition) is 5. The summed E-state index contributed by atoms with van der Waals surface area (Å²) in [5.41, 5.74) is 0.693. The van der Waals surface area contributed by atoms with Crippen molar-refractivity contribution in [3.63, 3.8) is 0 Å². The SMILES string of the molecule is O=C(O)c1ccc2c(n1)N(C(=O)Nc1ccc(Br)cn1)C1CCN2C1. The molecule has 8 nitrogen and oxygen atoms in total. The minimum Gasteiger partial charge on any atom is -0.477 e. The molecule has 0 spiro atoms. The summed E-state index contributed by atoms with van der Waals surface area (Å²) in [6.07, 6.45) is 2.40. The molecule has 2 N–H and O–H groups in total. The van der Waals surface area contributed by atoms with Crippen molar-refractivity contribution in [1.29, 1.82) is 0 Å². The molecular formula is C16H14BrN5O3. The molecule has 2 aromatic heterocycles. The first-order chi connectivity index (χ1) is 12.0. The van der Waals surface area contributed by atoms with E-state index in [4.69, 9.17) is 0 Å². The van der Waals surface area contributed by atoms with E-state index in [-0.39, 0.29) is 17.8 Å². The van der Waals surface area contributed by atoms with Crippen molar-refractivity contribution in [2.45, 2.75) is 12.5 Å². The van der Waals surface area contributed by atoms with Gasteiger partial charge < -0.3 is 10.0 Å². The van der Waals surface area contributed by atoms with E-state index >= 15 is 0 Å². The van der Waals surface area contributed by atoms with Gasteiger partial charge in [0.2, 0.25) is 0 Å². The number of aromatic nitrogens is 2. The zero-order chi connectivity index (χ0) is 17.6. The van der Waals surface area contributed by atoms with Crippen LogP contribution in [0, 0.1) is 0 Å². The molecule has 4 heterocycles. The van der Waals surface area contributed by atoms with Gasteiger partial charge in [-0.1, -0.05) is 0 Å². The van der Waals surface area contributed by atoms with Gasteiger partial charge in [0.15, 0.2) is 11.5 Å². The first-order valence-corrected chi connectivity index (χ1v) is 8.53. The molecule has 1 saturated heterocycles. The third-order valence-electron chi connectivity index (χ3n) is 4.35. The molecule has 2 bridgehead atoms. The number of fused-ring (bicyclic) bond motifs is 4. The number of carboxylic acid groups (broad SMARTS) is 1. The van der Waals surface area contributed by atoms with Crippen LogP contribution >= 0.6 is 15.9 Å². The molecule has 4 rings (SSSR count). The average molecular weight is 404 g/mol. The molecule has 2 aromatic rings. The molecule has 0 aromatic carbocycles. The summed E-state index contributed by atoms with van der Waals surface area (Å²) >= 11 is 3.30. The average Bonchev–Trinajstić information content (AvgIpc) is 3.01. The quantitative estimate of drug-likeness (QED) is 0.799. The van der Waals surface area contributed by atoms with E-state index in [1.807, 2.05) is 0 Å². The number of aromatic carboxylic acids is 1. The summed E-state index contributed by atoms with van der Waals surface area (Å²) in [7, 11) is 0. The van der Waals surface area contributed by atoms with Crippen molar-refractivity contribution >= 4 is 45.3 Å². The van der Waals surface area contributed by atoms with Crippen LogP contribution in [0.1, 0.15) is 16.9 Å². The smallest absolute Gasteiger partial charge is 0.354 e. The summed E-state index contributed by atoms with van der Waals surface area (Å²) in [6, 6.07) is 6.24. The lowest BCUT2D eigenvalue weighted by atomic mass is 10.2. The molecule has 0 radical (unpaired) electrons. The van der Waals surface area contributed by atoms with E-state index in [9.17, 15) is 14.7 Å². The van der Waals surface area contributed by atoms with Crippen LogP contribution in [0.4, 0.5) is 22.1 Å². The van der Waals surface area contributed by atoms with Crippen LogP contribution in [0.5, 0.6) is 0 Å². The second kappa shape index (κ2) is 5.99. The topological polar surface area (TPSA) is 98.7 Å². The predicted octanol–water partition coefficient (Wildman–Crippen LogP) is 2.57. The van der Waals surface area contributed by atoms with Gasteiger partial charge in [0.1, 0.15) is 5.82 Å². The van der Waals surface area contributed by atoms with Crippen LogP contribution in [0.25, 0.3) is 0 Å². The molecule has 2 aliphatic rings. The Morgan fingerprint density at radius 2 is 2.12 bits per heavy atom. The fourth-order valence-electron chi connectivity index (χ4n) is 3.21. The number of rotatable bonds is 2. The lowest BCUT2D eigenvalue weighted by Gasteiger charge is -2.35. The van der Waals surface area contributed by atoms with Gasteiger partial charge in [-0.15, -0.1) is 0 Å². The highest BCUT2D eigenvalue weighted by atomic mass is 79.9. The highest BCUT2D eigenvalue weighted by Crippen LogP contribution is 2.39. The number of pyridine rings is 2. The zero-order valence-corrected chi connectivity index (χ0v) is 14.6. The Balaban J connectivity index is 1.69. The number of carbonyl (C=O) groups is 2. The lowest BCUT2D eigenvalue weighted by Crippen LogP contribution is -2.48. The molecule has 2 aliphatic heterocycles. The number of amides is 2. The number of carboxylic acids is 1. The van der Waals surface area contributed by atoms with E-state index in [0.29, 0.717) is 18.2 Å². The Bertz CT molecular complexity index is 857. The molecule has 0 saturated carbocycles. The molecule has 1 unspecified atom stereocenters. The van der Waals surface area contributed by atoms with Crippen LogP contribution < -0.4 is 15.1 Å². The largest absolute Gasteiger partial charge is 0.477 e. The Kier molecular flexibility index (Phi) is 3.79. The number of halogens is 1. The van der Waals surface area contributed by atoms with E-state index in [1.165, 1.54) is 6.07 Å². The van der Waals surface area contributed by atoms with Crippen LogP contribution in [0.3, 0.4) is 0 Å². The predicted molar refractivity (Wildman–Crippen MR) is 95.2 cm³/mol. The Labute approximate surface area is 151 Å². The van der Waals surface area contributed by atoms with Gasteiger partial charge in [0.25, 0.3) is 0 Å². The highest BCUT2D eigenvalue weighted by Gasteiger charge is 2.40. The van der Waals surface area contributed by atoms with Gasteiger partial charge in [-0.3, -0.25) is 10.2 Å². The first-order valence-electron chi connectivity index (χ1n) is 7.74. The van der Waals surface area contributed by atoms with Gasteiger partial charge in [0, 0.05) is 23.8 Å². The molecular weight excluding hydrogens is 390 g/mol. The molecule has 9 heteroatoms. The maximum Gasteiger partial charge on any atom is 0.354 e. The van der Waals surface area contributed by atoms with Crippen LogP contribution in [-0.4, -0.2) is 46.2 Å². The number of nitrogens with one attached hydrogen (secondary N) is 1. The first kappa shape index (κ1) is 15.8. The Morgan fingerprint density at radius 1 is 1.28 bits per heavy atom. The molecule has 1 atom stereocenters. The maximum absolute atomic E-state index is 12.8. The standard InChI is InChI=1S/C16H14BrN5O3/c17-9-1-4-13(18-7-9)20-16(25)22-10-5-6-21(8-10)12-3-2-11(15(23)24)19-14(12)22/h1-4,7,10H,5-6,8H2,(H,23,24)(H,18,20,25). The second-order valence-corrected chi connectivity index (χ2v) is 6.81. The highest BCUT2D eigenvalue weighted by molar-refractivity contribution is 9.10. The maximum atomic E-state index is 12.8. The Morgan fingerprint density at radius 3 is 2.84 bits per heavy atom. The molecule has 0 aliphatic carbocycles. The van der Waals surface area contributed by atoms with Crippen molar-refractivity contribution in [2.75, 3.05) is 28.2 Å². The number of anilines is 3. The number of nitrogens with zero attached hydrogens (tertiary/aromatic N) is 4. The number of urea groups is 1. The van der Waals surface area contributed by atoms with Crippen molar-refractivity contribution < 1.29 is 14.7 Å². The van der Waals surface area contributed by atoms with E-state index in [2.05, 4.69) is 36.1 Å². The third-order valence-corrected chi connectivity index (χ3v) is 4.82. The van der Waals surface area contributed by atoms with Crippen LogP contribution in [0.15, 0.2) is 34.9 Å². The molecule has 2 amide bonds. The number of hydrogen-bond donors (Lipinski definition) is 2. The zero-order valence-electron chi connectivity index (χ0n) is 13.0. The lowest BCUT2D eigenvalue weighted by molar-refractivity contribution is 0.0690. The van der Waals surface area contributed by atoms with Gasteiger partial charge in [-0.25, -0.2) is 19.6 Å². The van der Waals surface area contributed by atoms with E-state index in [1.54, 1.807) is 29.3 Å². The molecule has 128 valence electrons. The van der Waals surface area contributed by atoms with Gasteiger partial charge in [-0.2, -0.15) is 0 Å². The summed E-state index contributed by atoms with van der Waals surface area (Å²) in [5.74, 6) is -0.321. The van der Waals surface area contributed by atoms with E-state index in [0.717, 1.165) is 23.1 Å². The summed E-state index contributed by atoms with van der Waals surface area (Å²) in [4.78, 5) is 36.1. The van der Waals surface area contributed by atoms with Crippen molar-refractivity contribution in [1.82, 2.24) is 9.97 Å². The van der Waals surface area contributed by atoms with Gasteiger partial charge in [-0.05, 0) is 46.6 Å². The molecule has 1 fully saturated rings. The third kappa shape index (κ3) is 2.80. The Hall–Kier alpha value is -2.68. The fourth-order valence-corrected chi connectivity index (χ4v) is 3.44. The van der Waals surface area contributed by atoms with Gasteiger partial charge in [0.05, 0.1) is 11.7 Å². The fraction of sp³-hybridized carbons (Fsp3) is 0.250. The summed E-state index contributed by atoms with van der Waals surface area (Å²) in [5, 5.41) is 12.0. The van der Waals surface area contributed by atoms with Gasteiger partial charge >= 0.3 is 12.0 Å². The van der Waals surface area contributed by atoms with Crippen LogP contribution in [-0.2, 0) is 0 Å². The second-order valence-electron chi connectivity index (χ2n) is 5.89. The normalized spacial score (nSPS) is 18.0.